The van der Waals surface area contributed by atoms with E-state index in [4.69, 9.17) is 4.42 Å². The Morgan fingerprint density at radius 3 is 1.79 bits per heavy atom. The van der Waals surface area contributed by atoms with E-state index in [1.54, 1.807) is 24.5 Å². The molecule has 34 heavy (non-hydrogen) atoms. The summed E-state index contributed by atoms with van der Waals surface area (Å²) in [6.07, 6.45) is 3.23. The molecule has 0 saturated carbocycles. The first kappa shape index (κ1) is 22.0. The molecule has 1 amide bonds. The lowest BCUT2D eigenvalue weighted by molar-refractivity contribution is -0.113. The Morgan fingerprint density at radius 2 is 1.35 bits per heavy atom. The molecule has 0 saturated heterocycles. The summed E-state index contributed by atoms with van der Waals surface area (Å²) in [5, 5.41) is 14.7. The maximum absolute atomic E-state index is 12.8. The van der Waals surface area contributed by atoms with Crippen molar-refractivity contribution in [1.29, 1.82) is 5.26 Å². The molecule has 164 valence electrons. The fourth-order valence-corrected chi connectivity index (χ4v) is 9.42. The van der Waals surface area contributed by atoms with Gasteiger partial charge in [-0.1, -0.05) is 103 Å². The molecule has 1 aliphatic rings. The Balaban J connectivity index is 1.84. The number of carbonyl (C=O) groups excluding carboxylic acids is 1. The Hall–Kier alpha value is -3.84. The van der Waals surface area contributed by atoms with Crippen LogP contribution in [0.3, 0.4) is 0 Å². The SMILES string of the molecule is N#CC(C1=NC(=O)C(=Cc2ccco2)S1)=P(c1ccccc1)(c1ccccc1)c1ccccc1. The van der Waals surface area contributed by atoms with Crippen molar-refractivity contribution in [1.82, 2.24) is 0 Å². The molecule has 0 fully saturated rings. The third-order valence-electron chi connectivity index (χ3n) is 5.51. The number of nitrogens with zero attached hydrogens (tertiary/aromatic N) is 2. The number of amides is 1. The van der Waals surface area contributed by atoms with Crippen LogP contribution in [0.5, 0.6) is 0 Å². The molecule has 0 atom stereocenters. The summed E-state index contributed by atoms with van der Waals surface area (Å²) in [7, 11) is 0. The number of furan rings is 1. The number of rotatable bonds is 5. The van der Waals surface area contributed by atoms with E-state index in [-0.39, 0.29) is 5.91 Å². The molecule has 6 heteroatoms. The van der Waals surface area contributed by atoms with E-state index in [2.05, 4.69) is 47.5 Å². The summed E-state index contributed by atoms with van der Waals surface area (Å²) in [4.78, 5) is 17.6. The second kappa shape index (κ2) is 9.57. The lowest BCUT2D eigenvalue weighted by atomic mass is 10.3. The van der Waals surface area contributed by atoms with Crippen LogP contribution < -0.4 is 15.9 Å². The molecule has 0 unspecified atom stereocenters. The quantitative estimate of drug-likeness (QED) is 0.300. The number of hydrogen-bond acceptors (Lipinski definition) is 4. The minimum Gasteiger partial charge on any atom is -0.465 e. The number of benzene rings is 3. The normalized spacial score (nSPS) is 14.6. The smallest absolute Gasteiger partial charge is 0.285 e. The van der Waals surface area contributed by atoms with Crippen molar-refractivity contribution in [3.05, 3.63) is 120 Å². The lowest BCUT2D eigenvalue weighted by Gasteiger charge is -2.30. The molecular formula is C28H19N2O2PS. The highest BCUT2D eigenvalue weighted by atomic mass is 32.2. The van der Waals surface area contributed by atoms with E-state index < -0.39 is 6.89 Å². The number of thioether (sulfide) groups is 1. The summed E-state index contributed by atoms with van der Waals surface area (Å²) >= 11 is 1.23. The number of carbonyl (C=O) groups is 1. The lowest BCUT2D eigenvalue weighted by Crippen LogP contribution is -2.32. The van der Waals surface area contributed by atoms with Gasteiger partial charge in [0.15, 0.2) is 0 Å². The largest absolute Gasteiger partial charge is 0.465 e. The van der Waals surface area contributed by atoms with Crippen LogP contribution in [0.15, 0.2) is 124 Å². The zero-order chi connectivity index (χ0) is 23.4. The van der Waals surface area contributed by atoms with Gasteiger partial charge in [0, 0.05) is 6.08 Å². The van der Waals surface area contributed by atoms with Crippen molar-refractivity contribution >= 4 is 56.9 Å². The molecule has 4 aromatic rings. The van der Waals surface area contributed by atoms with E-state index in [0.29, 0.717) is 21.0 Å². The van der Waals surface area contributed by atoms with Crippen LogP contribution in [0, 0.1) is 11.3 Å². The minimum absolute atomic E-state index is 0.364. The van der Waals surface area contributed by atoms with Gasteiger partial charge >= 0.3 is 0 Å². The van der Waals surface area contributed by atoms with Gasteiger partial charge in [-0.25, -0.2) is 4.99 Å². The maximum Gasteiger partial charge on any atom is 0.285 e. The van der Waals surface area contributed by atoms with E-state index >= 15 is 0 Å². The Morgan fingerprint density at radius 1 is 0.824 bits per heavy atom. The van der Waals surface area contributed by atoms with Gasteiger partial charge in [-0.15, -0.1) is 0 Å². The van der Waals surface area contributed by atoms with Crippen molar-refractivity contribution in [2.24, 2.45) is 4.99 Å². The van der Waals surface area contributed by atoms with Gasteiger partial charge in [0.2, 0.25) is 0 Å². The summed E-state index contributed by atoms with van der Waals surface area (Å²) in [6.45, 7) is -2.64. The van der Waals surface area contributed by atoms with Gasteiger partial charge in [-0.2, -0.15) is 5.26 Å². The third-order valence-corrected chi connectivity index (χ3v) is 10.9. The second-order valence-electron chi connectivity index (χ2n) is 7.49. The van der Waals surface area contributed by atoms with Crippen molar-refractivity contribution < 1.29 is 9.21 Å². The summed E-state index contributed by atoms with van der Waals surface area (Å²) in [5.41, 5.74) is 0. The van der Waals surface area contributed by atoms with Gasteiger partial charge < -0.3 is 4.42 Å². The van der Waals surface area contributed by atoms with Crippen LogP contribution in [-0.4, -0.2) is 16.2 Å². The molecule has 0 radical (unpaired) electrons. The van der Waals surface area contributed by atoms with Gasteiger partial charge in [-0.05, 0) is 34.9 Å². The molecular weight excluding hydrogens is 459 g/mol. The first-order chi connectivity index (χ1) is 16.7. The fourth-order valence-electron chi connectivity index (χ4n) is 4.07. The van der Waals surface area contributed by atoms with Gasteiger partial charge in [0.05, 0.1) is 16.5 Å². The predicted molar refractivity (Wildman–Crippen MR) is 142 cm³/mol. The van der Waals surface area contributed by atoms with E-state index in [0.717, 1.165) is 15.9 Å². The summed E-state index contributed by atoms with van der Waals surface area (Å²) < 4.78 is 5.38. The highest BCUT2D eigenvalue weighted by Crippen LogP contribution is 2.48. The summed E-state index contributed by atoms with van der Waals surface area (Å²) in [5.74, 6) is 0.206. The van der Waals surface area contributed by atoms with Crippen LogP contribution in [0.4, 0.5) is 0 Å². The zero-order valence-corrected chi connectivity index (χ0v) is 19.7. The molecule has 5 rings (SSSR count). The molecule has 3 aromatic carbocycles. The monoisotopic (exact) mass is 478 g/mol. The molecule has 1 aliphatic heterocycles. The Labute approximate surface area is 202 Å². The van der Waals surface area contributed by atoms with Gasteiger partial charge in [0.1, 0.15) is 16.9 Å². The standard InChI is InChI=1S/C28H19N2O2PS/c29-20-25(28-30-27(31)26(34-28)19-21-11-10-18-32-21)33(22-12-4-1-5-13-22,23-14-6-2-7-15-23)24-16-8-3-9-17-24/h1-19H. The summed E-state index contributed by atoms with van der Waals surface area (Å²) in [6, 6.07) is 36.2. The van der Waals surface area contributed by atoms with E-state index in [1.165, 1.54) is 11.8 Å². The number of nitriles is 1. The second-order valence-corrected chi connectivity index (χ2v) is 11.9. The molecule has 0 N–H and O–H groups in total. The fraction of sp³-hybridized carbons (Fsp3) is 0. The molecule has 0 aliphatic carbocycles. The number of hydrogen-bond donors (Lipinski definition) is 0. The maximum atomic E-state index is 12.8. The minimum atomic E-state index is -2.64. The van der Waals surface area contributed by atoms with Crippen LogP contribution in [-0.2, 0) is 4.79 Å². The Bertz CT molecular complexity index is 1380. The van der Waals surface area contributed by atoms with Crippen molar-refractivity contribution in [3.63, 3.8) is 0 Å². The highest BCUT2D eigenvalue weighted by molar-refractivity contribution is 8.22. The number of aliphatic imine (C=N–C) groups is 1. The van der Waals surface area contributed by atoms with Crippen molar-refractivity contribution in [2.75, 3.05) is 0 Å². The predicted octanol–water partition coefficient (Wildman–Crippen LogP) is 4.98. The molecule has 0 bridgehead atoms. The van der Waals surface area contributed by atoms with Crippen LogP contribution in [0.25, 0.3) is 6.08 Å². The third kappa shape index (κ3) is 3.88. The van der Waals surface area contributed by atoms with Crippen LogP contribution in [0.2, 0.25) is 0 Å². The first-order valence-corrected chi connectivity index (χ1v) is 13.2. The highest BCUT2D eigenvalue weighted by Gasteiger charge is 2.35. The van der Waals surface area contributed by atoms with E-state index in [9.17, 15) is 10.1 Å². The molecule has 0 spiro atoms. The molecule has 4 nitrogen and oxygen atoms in total. The first-order valence-electron chi connectivity index (χ1n) is 10.6. The molecule has 2 heterocycles. The van der Waals surface area contributed by atoms with Gasteiger partial charge in [-0.3, -0.25) is 4.79 Å². The van der Waals surface area contributed by atoms with E-state index in [1.807, 2.05) is 54.6 Å². The average Bonchev–Trinajstić information content (AvgIpc) is 3.54. The van der Waals surface area contributed by atoms with Crippen LogP contribution >= 0.6 is 18.6 Å². The average molecular weight is 479 g/mol. The Kier molecular flexibility index (Phi) is 6.18. The van der Waals surface area contributed by atoms with Crippen LogP contribution in [0.1, 0.15) is 5.76 Å². The molecule has 1 aromatic heterocycles. The van der Waals surface area contributed by atoms with Crippen molar-refractivity contribution in [2.45, 2.75) is 0 Å². The topological polar surface area (TPSA) is 66.4 Å². The van der Waals surface area contributed by atoms with Crippen molar-refractivity contribution in [3.8, 4) is 6.07 Å². The van der Waals surface area contributed by atoms with Gasteiger partial charge in [0.25, 0.3) is 5.91 Å². The zero-order valence-electron chi connectivity index (χ0n) is 18.0.